The Balaban J connectivity index is 1.33. The fourth-order valence-corrected chi connectivity index (χ4v) is 6.20. The zero-order chi connectivity index (χ0) is 32.2. The average Bonchev–Trinajstić information content (AvgIpc) is 3.68. The van der Waals surface area contributed by atoms with Gasteiger partial charge in [0.2, 0.25) is 5.88 Å². The number of aromatic nitrogens is 2. The summed E-state index contributed by atoms with van der Waals surface area (Å²) in [5.74, 6) is 0.0158. The second-order valence-electron chi connectivity index (χ2n) is 11.9. The van der Waals surface area contributed by atoms with E-state index in [-0.39, 0.29) is 31.3 Å². The molecule has 0 saturated heterocycles. The number of carbonyl (C=O) groups is 1. The number of benzene rings is 4. The van der Waals surface area contributed by atoms with Crippen LogP contribution in [0, 0.1) is 6.92 Å². The number of hydrogen-bond donors (Lipinski definition) is 1. The van der Waals surface area contributed by atoms with Crippen LogP contribution < -0.4 is 14.8 Å². The van der Waals surface area contributed by atoms with Gasteiger partial charge in [-0.3, -0.25) is 0 Å². The van der Waals surface area contributed by atoms with Gasteiger partial charge in [0.25, 0.3) is 0 Å². The number of nitrogens with one attached hydrogen (secondary N) is 1. The first-order chi connectivity index (χ1) is 23.1. The van der Waals surface area contributed by atoms with Gasteiger partial charge in [-0.2, -0.15) is 0 Å². The molecular weight excluding hydrogens is 586 g/mol. The summed E-state index contributed by atoms with van der Waals surface area (Å²) in [5, 5.41) is 4.61. The number of ether oxygens (including phenoxy) is 3. The molecule has 4 aromatic carbocycles. The molecule has 7 heteroatoms. The normalized spacial score (nSPS) is 13.8. The number of nitrogens with zero attached hydrogens (tertiary/aromatic N) is 2. The Bertz CT molecular complexity index is 2010. The fourth-order valence-electron chi connectivity index (χ4n) is 6.20. The highest BCUT2D eigenvalue weighted by molar-refractivity contribution is 5.97. The van der Waals surface area contributed by atoms with E-state index in [1.165, 1.54) is 11.1 Å². The molecule has 2 aromatic heterocycles. The Morgan fingerprint density at radius 2 is 1.43 bits per heavy atom. The van der Waals surface area contributed by atoms with Crippen molar-refractivity contribution in [3.63, 3.8) is 0 Å². The minimum atomic E-state index is -0.555. The lowest BCUT2D eigenvalue weighted by Crippen LogP contribution is -2.26. The highest BCUT2D eigenvalue weighted by Crippen LogP contribution is 2.40. The van der Waals surface area contributed by atoms with E-state index in [2.05, 4.69) is 34.1 Å². The number of carbonyl (C=O) groups excluding carboxylic acids is 1. The van der Waals surface area contributed by atoms with Crippen molar-refractivity contribution in [1.82, 2.24) is 14.9 Å². The van der Waals surface area contributed by atoms with Gasteiger partial charge in [0.05, 0.1) is 5.69 Å². The predicted molar refractivity (Wildman–Crippen MR) is 184 cm³/mol. The summed E-state index contributed by atoms with van der Waals surface area (Å²) < 4.78 is 21.1. The van der Waals surface area contributed by atoms with Crippen LogP contribution in [0.2, 0.25) is 0 Å². The molecule has 7 rings (SSSR count). The third kappa shape index (κ3) is 6.48. The van der Waals surface area contributed by atoms with E-state index < -0.39 is 5.97 Å². The van der Waals surface area contributed by atoms with Crippen LogP contribution in [0.1, 0.15) is 38.3 Å². The summed E-state index contributed by atoms with van der Waals surface area (Å²) in [5.41, 5.74) is 7.81. The van der Waals surface area contributed by atoms with Crippen LogP contribution in [-0.2, 0) is 37.5 Å². The third-order valence-electron chi connectivity index (χ3n) is 8.74. The van der Waals surface area contributed by atoms with Gasteiger partial charge in [-0.05, 0) is 48.2 Å². The summed E-state index contributed by atoms with van der Waals surface area (Å²) in [6.07, 6.45) is 0.993. The largest absolute Gasteiger partial charge is 0.487 e. The molecule has 7 nitrogen and oxygen atoms in total. The SMILES string of the molecule is CNC1Cc2cc3ccc(-c4nc(OCc5ccccc5)c(C(=O)OCc5ccccc5)c(OCc5ccccc5)c4C)cc3n2C1. The Morgan fingerprint density at radius 3 is 2.06 bits per heavy atom. The van der Waals surface area contributed by atoms with E-state index in [9.17, 15) is 4.79 Å². The fraction of sp³-hybridized carbons (Fsp3) is 0.200. The van der Waals surface area contributed by atoms with Crippen LogP contribution in [-0.4, -0.2) is 28.6 Å². The standard InChI is InChI=1S/C40H37N3O4/c1-27-37(32-19-18-31-20-34-22-33(41-2)23-43(34)35(31)21-32)42-39(46-25-29-14-8-4-9-15-29)36(38(27)45-24-28-12-6-3-7-13-28)40(44)47-26-30-16-10-5-11-17-30/h3-21,33,41H,22-26H2,1-2H3. The first kappa shape index (κ1) is 30.3. The molecule has 0 saturated carbocycles. The number of esters is 1. The smallest absolute Gasteiger partial charge is 0.347 e. The number of hydrogen-bond acceptors (Lipinski definition) is 6. The summed E-state index contributed by atoms with van der Waals surface area (Å²) in [6, 6.07) is 38.4. The van der Waals surface area contributed by atoms with Gasteiger partial charge < -0.3 is 24.1 Å². The molecule has 6 aromatic rings. The molecule has 47 heavy (non-hydrogen) atoms. The molecule has 1 aliphatic rings. The Labute approximate surface area is 274 Å². The van der Waals surface area contributed by atoms with Crippen LogP contribution in [0.3, 0.4) is 0 Å². The highest BCUT2D eigenvalue weighted by Gasteiger charge is 2.29. The van der Waals surface area contributed by atoms with Crippen molar-refractivity contribution in [3.8, 4) is 22.9 Å². The zero-order valence-electron chi connectivity index (χ0n) is 26.6. The van der Waals surface area contributed by atoms with Crippen molar-refractivity contribution in [2.75, 3.05) is 7.05 Å². The van der Waals surface area contributed by atoms with Crippen molar-refractivity contribution in [3.05, 3.63) is 149 Å². The first-order valence-corrected chi connectivity index (χ1v) is 16.0. The molecule has 236 valence electrons. The molecule has 1 N–H and O–H groups in total. The lowest BCUT2D eigenvalue weighted by atomic mass is 10.0. The quantitative estimate of drug-likeness (QED) is 0.149. The van der Waals surface area contributed by atoms with Crippen LogP contribution in [0.25, 0.3) is 22.2 Å². The van der Waals surface area contributed by atoms with E-state index in [0.717, 1.165) is 46.3 Å². The molecule has 3 heterocycles. The Morgan fingerprint density at radius 1 is 0.809 bits per heavy atom. The lowest BCUT2D eigenvalue weighted by Gasteiger charge is -2.20. The van der Waals surface area contributed by atoms with Gasteiger partial charge >= 0.3 is 5.97 Å². The van der Waals surface area contributed by atoms with Crippen LogP contribution in [0.4, 0.5) is 0 Å². The van der Waals surface area contributed by atoms with Crippen molar-refractivity contribution < 1.29 is 19.0 Å². The molecule has 1 unspecified atom stereocenters. The van der Waals surface area contributed by atoms with E-state index >= 15 is 0 Å². The highest BCUT2D eigenvalue weighted by atomic mass is 16.5. The second kappa shape index (κ2) is 13.5. The van der Waals surface area contributed by atoms with Gasteiger partial charge in [0.15, 0.2) is 5.56 Å². The first-order valence-electron chi connectivity index (χ1n) is 16.0. The van der Waals surface area contributed by atoms with Crippen LogP contribution in [0.5, 0.6) is 11.6 Å². The van der Waals surface area contributed by atoms with Gasteiger partial charge in [0.1, 0.15) is 25.6 Å². The molecule has 1 atom stereocenters. The monoisotopic (exact) mass is 623 g/mol. The summed E-state index contributed by atoms with van der Waals surface area (Å²) in [6.45, 7) is 3.46. The molecule has 0 amide bonds. The molecule has 0 bridgehead atoms. The number of likely N-dealkylation sites (N-methyl/N-ethyl adjacent to an activating group) is 1. The average molecular weight is 624 g/mol. The predicted octanol–water partition coefficient (Wildman–Crippen LogP) is 7.67. The van der Waals surface area contributed by atoms with Crippen LogP contribution >= 0.6 is 0 Å². The van der Waals surface area contributed by atoms with Crippen molar-refractivity contribution in [2.45, 2.75) is 45.8 Å². The number of pyridine rings is 1. The zero-order valence-corrected chi connectivity index (χ0v) is 26.6. The molecular formula is C40H37N3O4. The van der Waals surface area contributed by atoms with E-state index in [1.807, 2.05) is 105 Å². The molecule has 0 fully saturated rings. The van der Waals surface area contributed by atoms with Gasteiger partial charge in [0, 0.05) is 41.3 Å². The minimum Gasteiger partial charge on any atom is -0.487 e. The van der Waals surface area contributed by atoms with Crippen molar-refractivity contribution in [2.24, 2.45) is 0 Å². The second-order valence-corrected chi connectivity index (χ2v) is 11.9. The van der Waals surface area contributed by atoms with Gasteiger partial charge in [-0.25, -0.2) is 9.78 Å². The maximum absolute atomic E-state index is 14.0. The summed E-state index contributed by atoms with van der Waals surface area (Å²) in [4.78, 5) is 19.0. The summed E-state index contributed by atoms with van der Waals surface area (Å²) in [7, 11) is 2.01. The van der Waals surface area contributed by atoms with E-state index in [0.29, 0.717) is 17.5 Å². The van der Waals surface area contributed by atoms with Gasteiger partial charge in [-0.1, -0.05) is 103 Å². The number of fused-ring (bicyclic) bond motifs is 3. The van der Waals surface area contributed by atoms with Crippen molar-refractivity contribution in [1.29, 1.82) is 0 Å². The van der Waals surface area contributed by atoms with E-state index in [1.54, 1.807) is 0 Å². The van der Waals surface area contributed by atoms with Gasteiger partial charge in [-0.15, -0.1) is 0 Å². The molecule has 0 radical (unpaired) electrons. The maximum Gasteiger partial charge on any atom is 0.347 e. The molecule has 0 spiro atoms. The van der Waals surface area contributed by atoms with Crippen LogP contribution in [0.15, 0.2) is 115 Å². The topological polar surface area (TPSA) is 74.6 Å². The summed E-state index contributed by atoms with van der Waals surface area (Å²) >= 11 is 0. The third-order valence-corrected chi connectivity index (χ3v) is 8.74. The number of rotatable bonds is 11. The van der Waals surface area contributed by atoms with E-state index in [4.69, 9.17) is 19.2 Å². The lowest BCUT2D eigenvalue weighted by molar-refractivity contribution is 0.0460. The Kier molecular flexibility index (Phi) is 8.71. The maximum atomic E-state index is 14.0. The Hall–Kier alpha value is -5.40. The molecule has 1 aliphatic heterocycles. The minimum absolute atomic E-state index is 0.111. The molecule has 0 aliphatic carbocycles. The van der Waals surface area contributed by atoms with Crippen molar-refractivity contribution >= 4 is 16.9 Å².